The molecule has 0 aromatic heterocycles. The van der Waals surface area contributed by atoms with E-state index in [-0.39, 0.29) is 5.91 Å². The molecule has 0 saturated carbocycles. The Balaban J connectivity index is 2.36. The number of rotatable bonds is 5. The average Bonchev–Trinajstić information content (AvgIpc) is 2.45. The Bertz CT molecular complexity index is 500. The Hall–Kier alpha value is -1.75. The number of nitrogens with zero attached hydrogens (tertiary/aromatic N) is 1. The molecule has 2 rings (SSSR count). The van der Waals surface area contributed by atoms with Gasteiger partial charge in [0.2, 0.25) is 0 Å². The van der Waals surface area contributed by atoms with Gasteiger partial charge in [-0.05, 0) is 44.8 Å². The highest BCUT2D eigenvalue weighted by Gasteiger charge is 2.27. The van der Waals surface area contributed by atoms with Crippen molar-refractivity contribution in [2.24, 2.45) is 0 Å². The largest absolute Gasteiger partial charge is 0.493 e. The lowest BCUT2D eigenvalue weighted by Gasteiger charge is -2.27. The maximum absolute atomic E-state index is 12.0. The summed E-state index contributed by atoms with van der Waals surface area (Å²) in [6, 6.07) is 3.71. The fraction of sp³-hybridized carbons (Fsp3) is 0.533. The molecule has 0 saturated heterocycles. The normalized spacial score (nSPS) is 17.6. The molecule has 5 heteroatoms. The van der Waals surface area contributed by atoms with E-state index in [0.717, 1.165) is 18.5 Å². The van der Waals surface area contributed by atoms with Crippen molar-refractivity contribution in [1.29, 1.82) is 0 Å². The number of nitrogens with one attached hydrogen (secondary N) is 1. The van der Waals surface area contributed by atoms with Crippen LogP contribution in [-0.2, 0) is 0 Å². The molecule has 0 bridgehead atoms. The van der Waals surface area contributed by atoms with E-state index in [0.29, 0.717) is 29.5 Å². The number of ether oxygens (including phenoxy) is 2. The maximum atomic E-state index is 12.0. The topological polar surface area (TPSA) is 50.8 Å². The molecule has 1 heterocycles. The first-order valence-electron chi connectivity index (χ1n) is 6.75. The summed E-state index contributed by atoms with van der Waals surface area (Å²) < 4.78 is 10.6. The second-order valence-corrected chi connectivity index (χ2v) is 5.29. The van der Waals surface area contributed by atoms with Gasteiger partial charge < -0.3 is 19.7 Å². The molecule has 0 spiro atoms. The highest BCUT2D eigenvalue weighted by Crippen LogP contribution is 2.36. The molecule has 5 nitrogen and oxygen atoms in total. The minimum atomic E-state index is -0.0398. The molecule has 1 unspecified atom stereocenters. The maximum Gasteiger partial charge on any atom is 0.251 e. The Morgan fingerprint density at radius 3 is 2.50 bits per heavy atom. The first kappa shape index (κ1) is 14.7. The van der Waals surface area contributed by atoms with Crippen LogP contribution < -0.4 is 14.8 Å². The van der Waals surface area contributed by atoms with Crippen molar-refractivity contribution < 1.29 is 14.3 Å². The quantitative estimate of drug-likeness (QED) is 0.886. The van der Waals surface area contributed by atoms with E-state index in [4.69, 9.17) is 9.47 Å². The van der Waals surface area contributed by atoms with E-state index < -0.39 is 0 Å². The van der Waals surface area contributed by atoms with Crippen LogP contribution in [0.1, 0.15) is 28.3 Å². The van der Waals surface area contributed by atoms with Gasteiger partial charge in [0.1, 0.15) is 0 Å². The van der Waals surface area contributed by atoms with E-state index in [1.807, 2.05) is 6.07 Å². The van der Waals surface area contributed by atoms with E-state index in [1.165, 1.54) is 0 Å². The minimum absolute atomic E-state index is 0.0398. The summed E-state index contributed by atoms with van der Waals surface area (Å²) in [5.41, 5.74) is 1.74. The summed E-state index contributed by atoms with van der Waals surface area (Å²) in [4.78, 5) is 14.2. The summed E-state index contributed by atoms with van der Waals surface area (Å²) in [7, 11) is 7.30. The van der Waals surface area contributed by atoms with Crippen molar-refractivity contribution in [3.63, 3.8) is 0 Å². The molecule has 0 aliphatic carbocycles. The average molecular weight is 278 g/mol. The third-order valence-electron chi connectivity index (χ3n) is 3.67. The summed E-state index contributed by atoms with van der Waals surface area (Å²) in [5.74, 6) is 1.54. The summed E-state index contributed by atoms with van der Waals surface area (Å²) in [6.45, 7) is 1.66. The van der Waals surface area contributed by atoms with Gasteiger partial charge in [0, 0.05) is 18.0 Å². The number of methoxy groups -OCH3 is 2. The minimum Gasteiger partial charge on any atom is -0.493 e. The number of benzene rings is 1. The van der Waals surface area contributed by atoms with Gasteiger partial charge in [-0.3, -0.25) is 4.79 Å². The van der Waals surface area contributed by atoms with Crippen LogP contribution in [0.4, 0.5) is 0 Å². The fourth-order valence-electron chi connectivity index (χ4n) is 2.52. The standard InChI is InChI=1S/C15H22N2O3/c1-17(2)6-5-10-9-16-15(18)12-8-14(20-4)13(19-3)7-11(10)12/h7-8,10H,5-6,9H2,1-4H3,(H,16,18). The predicted octanol–water partition coefficient (Wildman–Crippen LogP) is 1.48. The molecular weight excluding hydrogens is 256 g/mol. The number of fused-ring (bicyclic) bond motifs is 1. The van der Waals surface area contributed by atoms with Crippen LogP contribution in [0.5, 0.6) is 11.5 Å². The number of hydrogen-bond donors (Lipinski definition) is 1. The molecule has 1 N–H and O–H groups in total. The Labute approximate surface area is 119 Å². The smallest absolute Gasteiger partial charge is 0.251 e. The number of carbonyl (C=O) groups is 1. The molecule has 1 aromatic rings. The summed E-state index contributed by atoms with van der Waals surface area (Å²) in [5, 5.41) is 2.95. The van der Waals surface area contributed by atoms with Gasteiger partial charge >= 0.3 is 0 Å². The Kier molecular flexibility index (Phi) is 4.49. The molecule has 1 atom stereocenters. The van der Waals surface area contributed by atoms with Crippen LogP contribution in [0.25, 0.3) is 0 Å². The van der Waals surface area contributed by atoms with Crippen molar-refractivity contribution in [3.05, 3.63) is 23.3 Å². The molecule has 20 heavy (non-hydrogen) atoms. The van der Waals surface area contributed by atoms with Crippen LogP contribution in [-0.4, -0.2) is 52.2 Å². The van der Waals surface area contributed by atoms with Crippen LogP contribution in [0.15, 0.2) is 12.1 Å². The second kappa shape index (κ2) is 6.13. The van der Waals surface area contributed by atoms with Crippen molar-refractivity contribution in [2.45, 2.75) is 12.3 Å². The van der Waals surface area contributed by atoms with Crippen LogP contribution >= 0.6 is 0 Å². The summed E-state index contributed by atoms with van der Waals surface area (Å²) in [6.07, 6.45) is 0.996. The predicted molar refractivity (Wildman–Crippen MR) is 77.8 cm³/mol. The van der Waals surface area contributed by atoms with Crippen molar-refractivity contribution >= 4 is 5.91 Å². The SMILES string of the molecule is COc1cc2c(cc1OC)C(CCN(C)C)CNC2=O. The Morgan fingerprint density at radius 1 is 1.25 bits per heavy atom. The zero-order valence-corrected chi connectivity index (χ0v) is 12.5. The Morgan fingerprint density at radius 2 is 1.90 bits per heavy atom. The van der Waals surface area contributed by atoms with Gasteiger partial charge in [0.05, 0.1) is 14.2 Å². The zero-order valence-electron chi connectivity index (χ0n) is 12.5. The number of carbonyl (C=O) groups excluding carboxylic acids is 1. The highest BCUT2D eigenvalue weighted by atomic mass is 16.5. The zero-order chi connectivity index (χ0) is 14.7. The molecule has 110 valence electrons. The van der Waals surface area contributed by atoms with Gasteiger partial charge in [-0.25, -0.2) is 0 Å². The van der Waals surface area contributed by atoms with Gasteiger partial charge in [-0.2, -0.15) is 0 Å². The molecule has 0 radical (unpaired) electrons. The van der Waals surface area contributed by atoms with Gasteiger partial charge in [0.25, 0.3) is 5.91 Å². The van der Waals surface area contributed by atoms with Gasteiger partial charge in [-0.15, -0.1) is 0 Å². The first-order valence-corrected chi connectivity index (χ1v) is 6.75. The van der Waals surface area contributed by atoms with Gasteiger partial charge in [0.15, 0.2) is 11.5 Å². The van der Waals surface area contributed by atoms with Crippen LogP contribution in [0, 0.1) is 0 Å². The van der Waals surface area contributed by atoms with Crippen LogP contribution in [0.3, 0.4) is 0 Å². The van der Waals surface area contributed by atoms with E-state index in [2.05, 4.69) is 24.3 Å². The first-order chi connectivity index (χ1) is 9.56. The summed E-state index contributed by atoms with van der Waals surface area (Å²) >= 11 is 0. The molecule has 0 fully saturated rings. The molecule has 1 aliphatic rings. The molecule has 1 aliphatic heterocycles. The number of amides is 1. The second-order valence-electron chi connectivity index (χ2n) is 5.29. The molecular formula is C15H22N2O3. The lowest BCUT2D eigenvalue weighted by Crippen LogP contribution is -2.36. The van der Waals surface area contributed by atoms with E-state index >= 15 is 0 Å². The highest BCUT2D eigenvalue weighted by molar-refractivity contribution is 5.97. The third kappa shape index (κ3) is 2.88. The number of hydrogen-bond acceptors (Lipinski definition) is 4. The van der Waals surface area contributed by atoms with E-state index in [9.17, 15) is 4.79 Å². The lowest BCUT2D eigenvalue weighted by atomic mass is 9.87. The third-order valence-corrected chi connectivity index (χ3v) is 3.67. The fourth-order valence-corrected chi connectivity index (χ4v) is 2.52. The van der Waals surface area contributed by atoms with Gasteiger partial charge in [-0.1, -0.05) is 0 Å². The molecule has 1 aromatic carbocycles. The monoisotopic (exact) mass is 278 g/mol. The lowest BCUT2D eigenvalue weighted by molar-refractivity contribution is 0.0938. The molecule has 1 amide bonds. The van der Waals surface area contributed by atoms with Crippen molar-refractivity contribution in [2.75, 3.05) is 41.4 Å². The van der Waals surface area contributed by atoms with Crippen molar-refractivity contribution in [3.8, 4) is 11.5 Å². The van der Waals surface area contributed by atoms with Crippen molar-refractivity contribution in [1.82, 2.24) is 10.2 Å². The van der Waals surface area contributed by atoms with E-state index in [1.54, 1.807) is 20.3 Å². The van der Waals surface area contributed by atoms with Crippen LogP contribution in [0.2, 0.25) is 0 Å².